The molecule has 130 valence electrons. The summed E-state index contributed by atoms with van der Waals surface area (Å²) in [5.74, 6) is 0. The van der Waals surface area contributed by atoms with Gasteiger partial charge in [0.2, 0.25) is 0 Å². The predicted octanol–water partition coefficient (Wildman–Crippen LogP) is 6.44. The second kappa shape index (κ2) is 6.10. The molecule has 2 nitrogen and oxygen atoms in total. The van der Waals surface area contributed by atoms with E-state index in [1.807, 2.05) is 6.20 Å². The SMILES string of the molecule is Cc1ccc(-c2c(-c3ccc(C)cc3)n3nccc3c3ccccc23)cc1. The van der Waals surface area contributed by atoms with E-state index in [2.05, 4.69) is 102 Å². The lowest BCUT2D eigenvalue weighted by Gasteiger charge is -2.17. The Balaban J connectivity index is 1.98. The Bertz CT molecular complexity index is 1260. The quantitative estimate of drug-likeness (QED) is 0.359. The molecule has 0 saturated heterocycles. The Labute approximate surface area is 158 Å². The van der Waals surface area contributed by atoms with Crippen molar-refractivity contribution in [1.29, 1.82) is 0 Å². The van der Waals surface area contributed by atoms with Gasteiger partial charge in [0.25, 0.3) is 0 Å². The second-order valence-electron chi connectivity index (χ2n) is 7.13. The Morgan fingerprint density at radius 1 is 0.630 bits per heavy atom. The largest absolute Gasteiger partial charge is 0.232 e. The fourth-order valence-corrected chi connectivity index (χ4v) is 3.83. The highest BCUT2D eigenvalue weighted by atomic mass is 15.2. The van der Waals surface area contributed by atoms with Crippen molar-refractivity contribution < 1.29 is 0 Å². The van der Waals surface area contributed by atoms with Crippen LogP contribution in [0.5, 0.6) is 0 Å². The lowest BCUT2D eigenvalue weighted by molar-refractivity contribution is 0.976. The number of hydrogen-bond acceptors (Lipinski definition) is 1. The molecule has 2 heteroatoms. The molecular weight excluding hydrogens is 328 g/mol. The average molecular weight is 348 g/mol. The third-order valence-corrected chi connectivity index (χ3v) is 5.23. The van der Waals surface area contributed by atoms with E-state index >= 15 is 0 Å². The average Bonchev–Trinajstić information content (AvgIpc) is 3.18. The first kappa shape index (κ1) is 15.8. The molecule has 0 aliphatic heterocycles. The van der Waals surface area contributed by atoms with E-state index in [9.17, 15) is 0 Å². The zero-order chi connectivity index (χ0) is 18.4. The van der Waals surface area contributed by atoms with Gasteiger partial charge in [0.05, 0.1) is 17.4 Å². The van der Waals surface area contributed by atoms with Crippen LogP contribution in [-0.2, 0) is 0 Å². The maximum atomic E-state index is 4.69. The van der Waals surface area contributed by atoms with E-state index < -0.39 is 0 Å². The van der Waals surface area contributed by atoms with Gasteiger partial charge in [0.15, 0.2) is 0 Å². The summed E-state index contributed by atoms with van der Waals surface area (Å²) in [6, 6.07) is 28.2. The molecule has 0 unspecified atom stereocenters. The van der Waals surface area contributed by atoms with Crippen molar-refractivity contribution in [2.75, 3.05) is 0 Å². The van der Waals surface area contributed by atoms with E-state index in [1.54, 1.807) is 0 Å². The maximum absolute atomic E-state index is 4.69. The first-order valence-electron chi connectivity index (χ1n) is 9.25. The number of pyridine rings is 1. The molecular formula is C25H20N2. The summed E-state index contributed by atoms with van der Waals surface area (Å²) in [5.41, 5.74) is 8.41. The Kier molecular flexibility index (Phi) is 3.58. The molecule has 0 radical (unpaired) electrons. The highest BCUT2D eigenvalue weighted by Gasteiger charge is 2.18. The minimum Gasteiger partial charge on any atom is -0.232 e. The summed E-state index contributed by atoms with van der Waals surface area (Å²) in [6.07, 6.45) is 1.89. The smallest absolute Gasteiger partial charge is 0.0809 e. The lowest BCUT2D eigenvalue weighted by Crippen LogP contribution is -1.99. The van der Waals surface area contributed by atoms with Crippen molar-refractivity contribution in [3.63, 3.8) is 0 Å². The molecule has 0 spiro atoms. The van der Waals surface area contributed by atoms with Gasteiger partial charge in [0, 0.05) is 16.5 Å². The molecule has 0 aliphatic carbocycles. The van der Waals surface area contributed by atoms with E-state index in [4.69, 9.17) is 0 Å². The van der Waals surface area contributed by atoms with Crippen LogP contribution < -0.4 is 0 Å². The number of aryl methyl sites for hydroxylation is 2. The van der Waals surface area contributed by atoms with Crippen molar-refractivity contribution >= 4 is 16.3 Å². The molecule has 0 N–H and O–H groups in total. The summed E-state index contributed by atoms with van der Waals surface area (Å²) >= 11 is 0. The number of aromatic nitrogens is 2. The van der Waals surface area contributed by atoms with Crippen LogP contribution in [0.4, 0.5) is 0 Å². The van der Waals surface area contributed by atoms with Gasteiger partial charge in [0.1, 0.15) is 0 Å². The van der Waals surface area contributed by atoms with E-state index in [1.165, 1.54) is 38.6 Å². The van der Waals surface area contributed by atoms with Crippen LogP contribution in [0.1, 0.15) is 11.1 Å². The summed E-state index contributed by atoms with van der Waals surface area (Å²) in [5, 5.41) is 7.17. The molecule has 0 amide bonds. The van der Waals surface area contributed by atoms with Crippen molar-refractivity contribution in [2.45, 2.75) is 13.8 Å². The minimum atomic E-state index is 1.14. The van der Waals surface area contributed by atoms with Crippen molar-refractivity contribution in [1.82, 2.24) is 9.61 Å². The lowest BCUT2D eigenvalue weighted by atomic mass is 9.92. The third kappa shape index (κ3) is 2.53. The van der Waals surface area contributed by atoms with Gasteiger partial charge < -0.3 is 0 Å². The van der Waals surface area contributed by atoms with E-state index in [0.717, 1.165) is 11.2 Å². The van der Waals surface area contributed by atoms with Crippen LogP contribution in [-0.4, -0.2) is 9.61 Å². The van der Waals surface area contributed by atoms with Gasteiger partial charge in [-0.2, -0.15) is 5.10 Å². The molecule has 0 aliphatic rings. The van der Waals surface area contributed by atoms with Gasteiger partial charge in [-0.1, -0.05) is 83.9 Å². The fraction of sp³-hybridized carbons (Fsp3) is 0.0800. The number of rotatable bonds is 2. The van der Waals surface area contributed by atoms with Gasteiger partial charge in [-0.25, -0.2) is 4.52 Å². The molecule has 27 heavy (non-hydrogen) atoms. The van der Waals surface area contributed by atoms with Crippen molar-refractivity contribution in [3.05, 3.63) is 96.2 Å². The first-order valence-corrected chi connectivity index (χ1v) is 9.25. The van der Waals surface area contributed by atoms with Crippen LogP contribution in [0.3, 0.4) is 0 Å². The summed E-state index contributed by atoms with van der Waals surface area (Å²) in [6.45, 7) is 4.24. The van der Waals surface area contributed by atoms with Crippen LogP contribution in [0.15, 0.2) is 85.1 Å². The fourth-order valence-electron chi connectivity index (χ4n) is 3.83. The monoisotopic (exact) mass is 348 g/mol. The molecule has 0 fully saturated rings. The highest BCUT2D eigenvalue weighted by Crippen LogP contribution is 2.39. The predicted molar refractivity (Wildman–Crippen MR) is 113 cm³/mol. The topological polar surface area (TPSA) is 17.3 Å². The van der Waals surface area contributed by atoms with E-state index in [-0.39, 0.29) is 0 Å². The van der Waals surface area contributed by atoms with Gasteiger partial charge >= 0.3 is 0 Å². The molecule has 0 bridgehead atoms. The van der Waals surface area contributed by atoms with Gasteiger partial charge in [-0.15, -0.1) is 0 Å². The number of hydrogen-bond donors (Lipinski definition) is 0. The molecule has 2 heterocycles. The Morgan fingerprint density at radius 3 is 1.89 bits per heavy atom. The Hall–Kier alpha value is -3.39. The third-order valence-electron chi connectivity index (χ3n) is 5.23. The van der Waals surface area contributed by atoms with Crippen LogP contribution in [0.2, 0.25) is 0 Å². The van der Waals surface area contributed by atoms with Crippen molar-refractivity contribution in [3.8, 4) is 22.4 Å². The highest BCUT2D eigenvalue weighted by molar-refractivity contribution is 6.09. The molecule has 2 aromatic heterocycles. The number of benzene rings is 3. The molecule has 0 atom stereocenters. The van der Waals surface area contributed by atoms with Crippen LogP contribution >= 0.6 is 0 Å². The van der Waals surface area contributed by atoms with Crippen LogP contribution in [0.25, 0.3) is 38.7 Å². The van der Waals surface area contributed by atoms with Gasteiger partial charge in [-0.3, -0.25) is 0 Å². The minimum absolute atomic E-state index is 1.14. The van der Waals surface area contributed by atoms with Gasteiger partial charge in [-0.05, 0) is 30.9 Å². The zero-order valence-electron chi connectivity index (χ0n) is 15.5. The van der Waals surface area contributed by atoms with Crippen molar-refractivity contribution in [2.24, 2.45) is 0 Å². The standard InChI is InChI=1S/C25H20N2/c1-17-7-11-19(12-8-17)24-22-6-4-3-5-21(22)23-15-16-26-27(23)25(24)20-13-9-18(2)10-14-20/h3-16H,1-2H3. The molecule has 5 aromatic rings. The first-order chi connectivity index (χ1) is 13.2. The number of nitrogens with zero attached hydrogens (tertiary/aromatic N) is 2. The molecule has 3 aromatic carbocycles. The number of fused-ring (bicyclic) bond motifs is 3. The van der Waals surface area contributed by atoms with Crippen LogP contribution in [0, 0.1) is 13.8 Å². The summed E-state index contributed by atoms with van der Waals surface area (Å²) < 4.78 is 2.09. The van der Waals surface area contributed by atoms with E-state index in [0.29, 0.717) is 0 Å². The summed E-state index contributed by atoms with van der Waals surface area (Å²) in [4.78, 5) is 0. The normalized spacial score (nSPS) is 11.3. The molecule has 5 rings (SSSR count). The summed E-state index contributed by atoms with van der Waals surface area (Å²) in [7, 11) is 0. The Morgan fingerprint density at radius 2 is 1.22 bits per heavy atom. The second-order valence-corrected chi connectivity index (χ2v) is 7.13. The zero-order valence-corrected chi connectivity index (χ0v) is 15.5. The maximum Gasteiger partial charge on any atom is 0.0809 e. The molecule has 0 saturated carbocycles.